The molecule has 1 aromatic carbocycles. The van der Waals surface area contributed by atoms with Gasteiger partial charge in [-0.15, -0.1) is 0 Å². The van der Waals surface area contributed by atoms with E-state index in [0.29, 0.717) is 23.4 Å². The summed E-state index contributed by atoms with van der Waals surface area (Å²) in [6.07, 6.45) is 4.17. The lowest BCUT2D eigenvalue weighted by atomic mass is 10.1. The van der Waals surface area contributed by atoms with Crippen molar-refractivity contribution in [2.75, 3.05) is 7.11 Å². The van der Waals surface area contributed by atoms with E-state index in [1.165, 1.54) is 6.07 Å². The van der Waals surface area contributed by atoms with Gasteiger partial charge in [0.15, 0.2) is 5.75 Å². The second-order valence-corrected chi connectivity index (χ2v) is 5.46. The fourth-order valence-corrected chi connectivity index (χ4v) is 2.53. The van der Waals surface area contributed by atoms with E-state index >= 15 is 0 Å². The van der Waals surface area contributed by atoms with E-state index in [0.717, 1.165) is 11.3 Å². The molecule has 0 aliphatic rings. The first-order valence-electron chi connectivity index (χ1n) is 7.62. The standard InChI is InChI=1S/C18H17F2N3O2/c1-23-11-12(10-21-23)8-14-6-7-16(25-18(19)20)17(22-14)13-4-3-5-15(9-13)24-2/h3-7,9-11,18H,8H2,1-2H3. The lowest BCUT2D eigenvalue weighted by molar-refractivity contribution is -0.0496. The van der Waals surface area contributed by atoms with Gasteiger partial charge in [-0.2, -0.15) is 13.9 Å². The molecule has 0 atom stereocenters. The zero-order valence-electron chi connectivity index (χ0n) is 13.8. The molecule has 0 fully saturated rings. The predicted molar refractivity (Wildman–Crippen MR) is 88.9 cm³/mol. The van der Waals surface area contributed by atoms with Crippen LogP contribution in [-0.2, 0) is 13.5 Å². The van der Waals surface area contributed by atoms with Gasteiger partial charge in [-0.1, -0.05) is 12.1 Å². The van der Waals surface area contributed by atoms with Gasteiger partial charge in [-0.05, 0) is 29.8 Å². The van der Waals surface area contributed by atoms with Crippen molar-refractivity contribution < 1.29 is 18.3 Å². The molecule has 0 aliphatic heterocycles. The molecule has 0 N–H and O–H groups in total. The van der Waals surface area contributed by atoms with E-state index in [9.17, 15) is 8.78 Å². The molecule has 0 unspecified atom stereocenters. The molecule has 25 heavy (non-hydrogen) atoms. The van der Waals surface area contributed by atoms with Gasteiger partial charge >= 0.3 is 6.61 Å². The van der Waals surface area contributed by atoms with E-state index in [1.54, 1.807) is 48.3 Å². The number of ether oxygens (including phenoxy) is 2. The molecule has 2 aromatic heterocycles. The number of rotatable bonds is 6. The lowest BCUT2D eigenvalue weighted by Crippen LogP contribution is -2.05. The van der Waals surface area contributed by atoms with Crippen LogP contribution in [0.15, 0.2) is 48.8 Å². The first-order valence-corrected chi connectivity index (χ1v) is 7.62. The number of alkyl halides is 2. The van der Waals surface area contributed by atoms with Crippen molar-refractivity contribution in [2.24, 2.45) is 7.05 Å². The van der Waals surface area contributed by atoms with Gasteiger partial charge in [0.1, 0.15) is 11.4 Å². The van der Waals surface area contributed by atoms with E-state index < -0.39 is 6.61 Å². The molecular weight excluding hydrogens is 328 g/mol. The van der Waals surface area contributed by atoms with Crippen molar-refractivity contribution in [3.05, 3.63) is 60.0 Å². The maximum absolute atomic E-state index is 12.7. The third kappa shape index (κ3) is 4.12. The number of pyridine rings is 1. The highest BCUT2D eigenvalue weighted by molar-refractivity contribution is 5.68. The van der Waals surface area contributed by atoms with Crippen molar-refractivity contribution in [3.8, 4) is 22.8 Å². The molecule has 5 nitrogen and oxygen atoms in total. The van der Waals surface area contributed by atoms with Crippen LogP contribution in [0.4, 0.5) is 8.78 Å². The van der Waals surface area contributed by atoms with Crippen LogP contribution >= 0.6 is 0 Å². The summed E-state index contributed by atoms with van der Waals surface area (Å²) in [7, 11) is 3.38. The molecule has 0 radical (unpaired) electrons. The maximum atomic E-state index is 12.7. The topological polar surface area (TPSA) is 49.2 Å². The summed E-state index contributed by atoms with van der Waals surface area (Å²) in [4.78, 5) is 4.53. The number of hydrogen-bond acceptors (Lipinski definition) is 4. The summed E-state index contributed by atoms with van der Waals surface area (Å²) >= 11 is 0. The molecule has 130 valence electrons. The fraction of sp³-hybridized carbons (Fsp3) is 0.222. The first kappa shape index (κ1) is 16.9. The Balaban J connectivity index is 2.00. The number of benzene rings is 1. The number of aromatic nitrogens is 3. The minimum atomic E-state index is -2.92. The largest absolute Gasteiger partial charge is 0.497 e. The van der Waals surface area contributed by atoms with Gasteiger partial charge < -0.3 is 9.47 Å². The number of nitrogens with zero attached hydrogens (tertiary/aromatic N) is 3. The third-order valence-electron chi connectivity index (χ3n) is 3.62. The van der Waals surface area contributed by atoms with Gasteiger partial charge in [-0.25, -0.2) is 4.98 Å². The lowest BCUT2D eigenvalue weighted by Gasteiger charge is -2.12. The van der Waals surface area contributed by atoms with Crippen LogP contribution in [0.3, 0.4) is 0 Å². The summed E-state index contributed by atoms with van der Waals surface area (Å²) < 4.78 is 37.0. The van der Waals surface area contributed by atoms with E-state index in [4.69, 9.17) is 4.74 Å². The third-order valence-corrected chi connectivity index (χ3v) is 3.62. The smallest absolute Gasteiger partial charge is 0.387 e. The fourth-order valence-electron chi connectivity index (χ4n) is 2.53. The van der Waals surface area contributed by atoms with Crippen molar-refractivity contribution >= 4 is 0 Å². The zero-order chi connectivity index (χ0) is 17.8. The Labute approximate surface area is 143 Å². The minimum absolute atomic E-state index is 0.0261. The normalized spacial score (nSPS) is 10.9. The van der Waals surface area contributed by atoms with Crippen LogP contribution in [0.1, 0.15) is 11.3 Å². The zero-order valence-corrected chi connectivity index (χ0v) is 13.8. The van der Waals surface area contributed by atoms with Gasteiger partial charge in [0.25, 0.3) is 0 Å². The Morgan fingerprint density at radius 3 is 2.72 bits per heavy atom. The van der Waals surface area contributed by atoms with Gasteiger partial charge in [0.2, 0.25) is 0 Å². The molecule has 3 aromatic rings. The molecule has 0 bridgehead atoms. The Morgan fingerprint density at radius 2 is 2.04 bits per heavy atom. The number of aryl methyl sites for hydroxylation is 1. The van der Waals surface area contributed by atoms with Crippen LogP contribution in [0.2, 0.25) is 0 Å². The quantitative estimate of drug-likeness (QED) is 0.684. The SMILES string of the molecule is COc1cccc(-c2nc(Cc3cnn(C)c3)ccc2OC(F)F)c1. The summed E-state index contributed by atoms with van der Waals surface area (Å²) in [5, 5.41) is 4.12. The minimum Gasteiger partial charge on any atom is -0.497 e. The average Bonchev–Trinajstić information content (AvgIpc) is 3.00. The summed E-state index contributed by atoms with van der Waals surface area (Å²) in [6.45, 7) is -2.92. The molecule has 0 saturated heterocycles. The molecular formula is C18H17F2N3O2. The van der Waals surface area contributed by atoms with E-state index in [2.05, 4.69) is 14.8 Å². The van der Waals surface area contributed by atoms with Crippen molar-refractivity contribution in [1.82, 2.24) is 14.8 Å². The molecule has 0 spiro atoms. The van der Waals surface area contributed by atoms with Gasteiger partial charge in [0.05, 0.1) is 13.3 Å². The van der Waals surface area contributed by atoms with Crippen LogP contribution in [-0.4, -0.2) is 28.5 Å². The molecule has 2 heterocycles. The second kappa shape index (κ2) is 7.29. The molecule has 0 saturated carbocycles. The van der Waals surface area contributed by atoms with Gasteiger partial charge in [-0.3, -0.25) is 4.68 Å². The second-order valence-electron chi connectivity index (χ2n) is 5.46. The monoisotopic (exact) mass is 345 g/mol. The van der Waals surface area contributed by atoms with Crippen LogP contribution in [0, 0.1) is 0 Å². The van der Waals surface area contributed by atoms with E-state index in [1.807, 2.05) is 13.2 Å². The number of hydrogen-bond donors (Lipinski definition) is 0. The molecule has 0 amide bonds. The van der Waals surface area contributed by atoms with Crippen molar-refractivity contribution in [1.29, 1.82) is 0 Å². The Hall–Kier alpha value is -2.96. The molecule has 7 heteroatoms. The average molecular weight is 345 g/mol. The summed E-state index contributed by atoms with van der Waals surface area (Å²) in [5.41, 5.74) is 2.70. The highest BCUT2D eigenvalue weighted by Crippen LogP contribution is 2.32. The summed E-state index contributed by atoms with van der Waals surface area (Å²) in [5.74, 6) is 0.637. The Morgan fingerprint density at radius 1 is 1.20 bits per heavy atom. The number of methoxy groups -OCH3 is 1. The van der Waals surface area contributed by atoms with Crippen LogP contribution in [0.25, 0.3) is 11.3 Å². The Bertz CT molecular complexity index is 865. The van der Waals surface area contributed by atoms with E-state index in [-0.39, 0.29) is 5.75 Å². The first-order chi connectivity index (χ1) is 12.0. The summed E-state index contributed by atoms with van der Waals surface area (Å²) in [6, 6.07) is 10.2. The predicted octanol–water partition coefficient (Wildman–Crippen LogP) is 3.68. The Kier molecular flexibility index (Phi) is 4.92. The highest BCUT2D eigenvalue weighted by Gasteiger charge is 2.15. The van der Waals surface area contributed by atoms with Gasteiger partial charge in [0, 0.05) is 30.9 Å². The van der Waals surface area contributed by atoms with Crippen LogP contribution in [0.5, 0.6) is 11.5 Å². The molecule has 3 rings (SSSR count). The maximum Gasteiger partial charge on any atom is 0.387 e. The van der Waals surface area contributed by atoms with Crippen molar-refractivity contribution in [2.45, 2.75) is 13.0 Å². The molecule has 0 aliphatic carbocycles. The van der Waals surface area contributed by atoms with Crippen LogP contribution < -0.4 is 9.47 Å². The highest BCUT2D eigenvalue weighted by atomic mass is 19.3. The number of halogens is 2. The van der Waals surface area contributed by atoms with Crippen molar-refractivity contribution in [3.63, 3.8) is 0 Å².